The van der Waals surface area contributed by atoms with E-state index in [1.54, 1.807) is 23.9 Å². The molecule has 0 aliphatic carbocycles. The molecule has 0 radical (unpaired) electrons. The first kappa shape index (κ1) is 21.5. The van der Waals surface area contributed by atoms with Gasteiger partial charge in [0.25, 0.3) is 0 Å². The summed E-state index contributed by atoms with van der Waals surface area (Å²) in [4.78, 5) is 20.0. The van der Waals surface area contributed by atoms with Gasteiger partial charge >= 0.3 is 0 Å². The standard InChI is InChI=1S/C22H25FN6OS/c1-16-24-21(27-22(25-16)29-12-10-28(11-13-29)14-15-30)26-18-4-8-20(9-5-18)31-19-6-2-17(23)3-7-19/h2-9,30H,10-15H2,1H3,(H,24,25,26,27). The SMILES string of the molecule is Cc1nc(Nc2ccc(Sc3ccc(F)cc3)cc2)nc(N2CCN(CCO)CC2)n1. The van der Waals surface area contributed by atoms with Gasteiger partial charge in [-0.2, -0.15) is 15.0 Å². The van der Waals surface area contributed by atoms with E-state index < -0.39 is 0 Å². The number of hydrogen-bond donors (Lipinski definition) is 2. The van der Waals surface area contributed by atoms with Crippen molar-refractivity contribution in [2.75, 3.05) is 49.5 Å². The van der Waals surface area contributed by atoms with E-state index in [0.717, 1.165) is 41.7 Å². The molecule has 2 aromatic carbocycles. The highest BCUT2D eigenvalue weighted by molar-refractivity contribution is 7.99. The average Bonchev–Trinajstić information content (AvgIpc) is 2.77. The fourth-order valence-corrected chi connectivity index (χ4v) is 4.17. The Morgan fingerprint density at radius 1 is 0.935 bits per heavy atom. The largest absolute Gasteiger partial charge is 0.395 e. The van der Waals surface area contributed by atoms with E-state index in [4.69, 9.17) is 5.11 Å². The average molecular weight is 441 g/mol. The number of aryl methyl sites for hydroxylation is 1. The number of β-amino-alcohol motifs (C(OH)–C–C–N with tert-alkyl or cyclic N) is 1. The molecule has 0 spiro atoms. The molecule has 9 heteroatoms. The van der Waals surface area contributed by atoms with Crippen LogP contribution in [0, 0.1) is 12.7 Å². The van der Waals surface area contributed by atoms with Crippen LogP contribution in [-0.2, 0) is 0 Å². The molecule has 4 rings (SSSR count). The number of nitrogens with one attached hydrogen (secondary N) is 1. The second-order valence-corrected chi connectivity index (χ2v) is 8.41. The lowest BCUT2D eigenvalue weighted by Crippen LogP contribution is -2.47. The van der Waals surface area contributed by atoms with Gasteiger partial charge in [0.2, 0.25) is 11.9 Å². The third-order valence-electron chi connectivity index (χ3n) is 4.97. The zero-order valence-electron chi connectivity index (χ0n) is 17.3. The van der Waals surface area contributed by atoms with Crippen molar-refractivity contribution in [2.45, 2.75) is 16.7 Å². The van der Waals surface area contributed by atoms with E-state index in [-0.39, 0.29) is 12.4 Å². The van der Waals surface area contributed by atoms with Crippen LogP contribution in [0.5, 0.6) is 0 Å². The molecular weight excluding hydrogens is 415 g/mol. The number of aliphatic hydroxyl groups is 1. The Morgan fingerprint density at radius 3 is 2.23 bits per heavy atom. The van der Waals surface area contributed by atoms with E-state index >= 15 is 0 Å². The Hall–Kier alpha value is -2.75. The van der Waals surface area contributed by atoms with Gasteiger partial charge in [-0.15, -0.1) is 0 Å². The molecule has 1 aromatic heterocycles. The summed E-state index contributed by atoms with van der Waals surface area (Å²) in [7, 11) is 0. The molecule has 0 unspecified atom stereocenters. The van der Waals surface area contributed by atoms with Crippen molar-refractivity contribution in [3.05, 3.63) is 60.2 Å². The maximum atomic E-state index is 13.1. The second kappa shape index (κ2) is 10.0. The number of halogens is 1. The van der Waals surface area contributed by atoms with Crippen molar-refractivity contribution >= 4 is 29.3 Å². The first-order valence-electron chi connectivity index (χ1n) is 10.2. The molecule has 2 N–H and O–H groups in total. The number of rotatable bonds is 7. The quantitative estimate of drug-likeness (QED) is 0.579. The smallest absolute Gasteiger partial charge is 0.232 e. The Balaban J connectivity index is 1.40. The number of hydrogen-bond acceptors (Lipinski definition) is 8. The molecule has 3 aromatic rings. The van der Waals surface area contributed by atoms with Gasteiger partial charge in [0.1, 0.15) is 11.6 Å². The molecule has 1 aliphatic heterocycles. The number of benzene rings is 2. The Labute approximate surface area is 185 Å². The fraction of sp³-hybridized carbons (Fsp3) is 0.318. The van der Waals surface area contributed by atoms with Gasteiger partial charge in [0, 0.05) is 48.2 Å². The molecule has 1 saturated heterocycles. The van der Waals surface area contributed by atoms with E-state index in [1.807, 2.05) is 31.2 Å². The summed E-state index contributed by atoms with van der Waals surface area (Å²) in [5, 5.41) is 12.4. The van der Waals surface area contributed by atoms with Gasteiger partial charge in [-0.3, -0.25) is 4.90 Å². The second-order valence-electron chi connectivity index (χ2n) is 7.26. The monoisotopic (exact) mass is 440 g/mol. The van der Waals surface area contributed by atoms with Crippen LogP contribution < -0.4 is 10.2 Å². The number of nitrogens with zero attached hydrogens (tertiary/aromatic N) is 5. The summed E-state index contributed by atoms with van der Waals surface area (Å²) in [6, 6.07) is 14.4. The minimum absolute atomic E-state index is 0.181. The van der Waals surface area contributed by atoms with Gasteiger partial charge in [-0.05, 0) is 55.5 Å². The number of piperazine rings is 1. The molecule has 31 heavy (non-hydrogen) atoms. The maximum absolute atomic E-state index is 13.1. The molecule has 0 saturated carbocycles. The van der Waals surface area contributed by atoms with Crippen molar-refractivity contribution in [1.29, 1.82) is 0 Å². The van der Waals surface area contributed by atoms with Gasteiger partial charge < -0.3 is 15.3 Å². The lowest BCUT2D eigenvalue weighted by molar-refractivity contribution is 0.188. The minimum atomic E-state index is -0.233. The summed E-state index contributed by atoms with van der Waals surface area (Å²) >= 11 is 1.58. The maximum Gasteiger partial charge on any atom is 0.232 e. The van der Waals surface area contributed by atoms with Crippen LogP contribution >= 0.6 is 11.8 Å². The van der Waals surface area contributed by atoms with Crippen molar-refractivity contribution in [2.24, 2.45) is 0 Å². The van der Waals surface area contributed by atoms with Crippen LogP contribution in [0.2, 0.25) is 0 Å². The topological polar surface area (TPSA) is 77.4 Å². The van der Waals surface area contributed by atoms with Gasteiger partial charge in [0.05, 0.1) is 6.61 Å². The number of anilines is 3. The molecule has 1 aliphatic rings. The molecule has 1 fully saturated rings. The molecule has 7 nitrogen and oxygen atoms in total. The summed E-state index contributed by atoms with van der Waals surface area (Å²) in [5.41, 5.74) is 0.882. The lowest BCUT2D eigenvalue weighted by atomic mass is 10.3. The van der Waals surface area contributed by atoms with Crippen LogP contribution in [0.4, 0.5) is 22.0 Å². The Bertz CT molecular complexity index is 994. The molecule has 2 heterocycles. The van der Waals surface area contributed by atoms with Gasteiger partial charge in [0.15, 0.2) is 0 Å². The normalized spacial score (nSPS) is 14.6. The van der Waals surface area contributed by atoms with Crippen LogP contribution in [0.1, 0.15) is 5.82 Å². The van der Waals surface area contributed by atoms with Crippen LogP contribution in [0.25, 0.3) is 0 Å². The first-order valence-corrected chi connectivity index (χ1v) is 11.0. The predicted octanol–water partition coefficient (Wildman–Crippen LogP) is 3.33. The first-order chi connectivity index (χ1) is 15.1. The van der Waals surface area contributed by atoms with Gasteiger partial charge in [-0.25, -0.2) is 4.39 Å². The highest BCUT2D eigenvalue weighted by Crippen LogP contribution is 2.29. The van der Waals surface area contributed by atoms with Crippen molar-refractivity contribution in [3.63, 3.8) is 0 Å². The van der Waals surface area contributed by atoms with Crippen LogP contribution in [-0.4, -0.2) is 64.3 Å². The van der Waals surface area contributed by atoms with E-state index in [0.29, 0.717) is 24.3 Å². The predicted molar refractivity (Wildman–Crippen MR) is 121 cm³/mol. The molecular formula is C22H25FN6OS. The third kappa shape index (κ3) is 5.90. The van der Waals surface area contributed by atoms with Crippen molar-refractivity contribution in [3.8, 4) is 0 Å². The molecule has 162 valence electrons. The summed E-state index contributed by atoms with van der Waals surface area (Å²) in [6.45, 7) is 6.13. The summed E-state index contributed by atoms with van der Waals surface area (Å²) in [5.74, 6) is 1.61. The highest BCUT2D eigenvalue weighted by Gasteiger charge is 2.19. The van der Waals surface area contributed by atoms with Gasteiger partial charge in [-0.1, -0.05) is 11.8 Å². The van der Waals surface area contributed by atoms with Crippen molar-refractivity contribution in [1.82, 2.24) is 19.9 Å². The fourth-order valence-electron chi connectivity index (χ4n) is 3.35. The highest BCUT2D eigenvalue weighted by atomic mass is 32.2. The summed E-state index contributed by atoms with van der Waals surface area (Å²) in [6.07, 6.45) is 0. The molecule has 0 bridgehead atoms. The van der Waals surface area contributed by atoms with E-state index in [9.17, 15) is 4.39 Å². The van der Waals surface area contributed by atoms with Crippen LogP contribution in [0.3, 0.4) is 0 Å². The van der Waals surface area contributed by atoms with E-state index in [1.165, 1.54) is 12.1 Å². The minimum Gasteiger partial charge on any atom is -0.395 e. The lowest BCUT2D eigenvalue weighted by Gasteiger charge is -2.34. The molecule has 0 atom stereocenters. The van der Waals surface area contributed by atoms with E-state index in [2.05, 4.69) is 30.1 Å². The van der Waals surface area contributed by atoms with Crippen LogP contribution in [0.15, 0.2) is 58.3 Å². The summed E-state index contributed by atoms with van der Waals surface area (Å²) < 4.78 is 13.1. The van der Waals surface area contributed by atoms with Crippen molar-refractivity contribution < 1.29 is 9.50 Å². The third-order valence-corrected chi connectivity index (χ3v) is 5.98. The molecule has 0 amide bonds. The Kier molecular flexibility index (Phi) is 6.96. The zero-order chi connectivity index (χ0) is 21.6. The Morgan fingerprint density at radius 2 is 1.58 bits per heavy atom. The number of aromatic nitrogens is 3. The zero-order valence-corrected chi connectivity index (χ0v) is 18.1. The number of aliphatic hydroxyl groups excluding tert-OH is 1.